The van der Waals surface area contributed by atoms with E-state index in [9.17, 15) is 13.2 Å². The molecule has 2 unspecified atom stereocenters. The molecule has 7 heteroatoms. The second-order valence-electron chi connectivity index (χ2n) is 2.93. The van der Waals surface area contributed by atoms with Gasteiger partial charge < -0.3 is 10.2 Å². The fraction of sp³-hybridized carbons (Fsp3) is 0.857. The van der Waals surface area contributed by atoms with Crippen LogP contribution in [0.3, 0.4) is 0 Å². The molecule has 0 radical (unpaired) electrons. The molecule has 0 saturated carbocycles. The van der Waals surface area contributed by atoms with Crippen LogP contribution >= 0.6 is 0 Å². The van der Waals surface area contributed by atoms with Gasteiger partial charge in [-0.25, -0.2) is 13.1 Å². The summed E-state index contributed by atoms with van der Waals surface area (Å²) >= 11 is 0. The van der Waals surface area contributed by atoms with Crippen LogP contribution in [-0.2, 0) is 14.8 Å². The summed E-state index contributed by atoms with van der Waals surface area (Å²) in [6, 6.07) is -0.623. The molecule has 84 valence electrons. The molecule has 0 amide bonds. The Morgan fingerprint density at radius 3 is 2.29 bits per heavy atom. The minimum atomic E-state index is -3.89. The van der Waals surface area contributed by atoms with Gasteiger partial charge in [0.2, 0.25) is 10.0 Å². The molecule has 0 aliphatic heterocycles. The summed E-state index contributed by atoms with van der Waals surface area (Å²) in [5.41, 5.74) is 0. The maximum absolute atomic E-state index is 11.3. The van der Waals surface area contributed by atoms with Crippen LogP contribution < -0.4 is 4.72 Å². The van der Waals surface area contributed by atoms with Crippen molar-refractivity contribution in [1.82, 2.24) is 4.72 Å². The highest BCUT2D eigenvalue weighted by Gasteiger charge is 2.29. The van der Waals surface area contributed by atoms with Crippen molar-refractivity contribution in [2.45, 2.75) is 31.6 Å². The minimum Gasteiger partial charge on any atom is -0.480 e. The SMILES string of the molecule is CCC(CO)NS(=O)(=O)C(C)C(=O)O. The topological polar surface area (TPSA) is 104 Å². The van der Waals surface area contributed by atoms with E-state index in [0.29, 0.717) is 6.42 Å². The number of carboxylic acid groups (broad SMARTS) is 1. The second-order valence-corrected chi connectivity index (χ2v) is 4.96. The third kappa shape index (κ3) is 3.60. The van der Waals surface area contributed by atoms with Crippen LogP contribution in [0.2, 0.25) is 0 Å². The second kappa shape index (κ2) is 5.28. The van der Waals surface area contributed by atoms with Crippen molar-refractivity contribution in [3.63, 3.8) is 0 Å². The Kier molecular flexibility index (Phi) is 5.03. The van der Waals surface area contributed by atoms with Crippen LogP contribution in [0, 0.1) is 0 Å². The highest BCUT2D eigenvalue weighted by Crippen LogP contribution is 2.01. The van der Waals surface area contributed by atoms with Crippen LogP contribution in [-0.4, -0.2) is 42.5 Å². The zero-order valence-corrected chi connectivity index (χ0v) is 8.91. The Balaban J connectivity index is 4.56. The molecule has 0 aromatic heterocycles. The van der Waals surface area contributed by atoms with Crippen molar-refractivity contribution < 1.29 is 23.4 Å². The maximum atomic E-state index is 11.3. The lowest BCUT2D eigenvalue weighted by Crippen LogP contribution is -2.44. The number of aliphatic hydroxyl groups excluding tert-OH is 1. The molecular weight excluding hydrogens is 210 g/mol. The molecule has 2 atom stereocenters. The van der Waals surface area contributed by atoms with Gasteiger partial charge in [-0.1, -0.05) is 6.92 Å². The average Bonchev–Trinajstić information content (AvgIpc) is 2.12. The number of hydrogen-bond acceptors (Lipinski definition) is 4. The number of aliphatic carboxylic acids is 1. The van der Waals surface area contributed by atoms with E-state index in [2.05, 4.69) is 4.72 Å². The number of hydrogen-bond donors (Lipinski definition) is 3. The van der Waals surface area contributed by atoms with Crippen molar-refractivity contribution in [3.05, 3.63) is 0 Å². The molecule has 0 aromatic carbocycles. The summed E-state index contributed by atoms with van der Waals surface area (Å²) in [6.07, 6.45) is 0.405. The normalized spacial score (nSPS) is 16.2. The van der Waals surface area contributed by atoms with Gasteiger partial charge in [-0.2, -0.15) is 0 Å². The molecule has 6 nitrogen and oxygen atoms in total. The van der Waals surface area contributed by atoms with Crippen LogP contribution in [0.15, 0.2) is 0 Å². The van der Waals surface area contributed by atoms with Gasteiger partial charge in [-0.05, 0) is 13.3 Å². The van der Waals surface area contributed by atoms with Crippen molar-refractivity contribution >= 4 is 16.0 Å². The van der Waals surface area contributed by atoms with Gasteiger partial charge >= 0.3 is 5.97 Å². The van der Waals surface area contributed by atoms with E-state index in [0.717, 1.165) is 6.92 Å². The predicted octanol–water partition coefficient (Wildman–Crippen LogP) is -0.850. The first-order chi connectivity index (χ1) is 6.35. The Bertz CT molecular complexity index is 282. The number of sulfonamides is 1. The lowest BCUT2D eigenvalue weighted by atomic mass is 10.3. The van der Waals surface area contributed by atoms with Gasteiger partial charge in [0.05, 0.1) is 6.61 Å². The van der Waals surface area contributed by atoms with E-state index in [-0.39, 0.29) is 6.61 Å². The van der Waals surface area contributed by atoms with Gasteiger partial charge in [0.25, 0.3) is 0 Å². The lowest BCUT2D eigenvalue weighted by molar-refractivity contribution is -0.136. The Morgan fingerprint density at radius 1 is 1.50 bits per heavy atom. The number of rotatable bonds is 6. The Labute approximate surface area is 83.0 Å². The number of nitrogens with one attached hydrogen (secondary N) is 1. The van der Waals surface area contributed by atoms with E-state index in [1.807, 2.05) is 0 Å². The first-order valence-corrected chi connectivity index (χ1v) is 5.74. The Morgan fingerprint density at radius 2 is 2.00 bits per heavy atom. The predicted molar refractivity (Wildman–Crippen MR) is 50.3 cm³/mol. The van der Waals surface area contributed by atoms with Crippen LogP contribution in [0.4, 0.5) is 0 Å². The zero-order chi connectivity index (χ0) is 11.4. The van der Waals surface area contributed by atoms with E-state index >= 15 is 0 Å². The molecule has 0 spiro atoms. The van der Waals surface area contributed by atoms with E-state index in [4.69, 9.17) is 10.2 Å². The molecule has 0 fully saturated rings. The van der Waals surface area contributed by atoms with E-state index < -0.39 is 27.3 Å². The standard InChI is InChI=1S/C7H15NO5S/c1-3-6(4-9)8-14(12,13)5(2)7(10)11/h5-6,8-9H,3-4H2,1-2H3,(H,10,11). The van der Waals surface area contributed by atoms with Crippen molar-refractivity contribution in [1.29, 1.82) is 0 Å². The largest absolute Gasteiger partial charge is 0.480 e. The zero-order valence-electron chi connectivity index (χ0n) is 8.10. The molecule has 0 aliphatic carbocycles. The highest BCUT2D eigenvalue weighted by atomic mass is 32.2. The third-order valence-corrected chi connectivity index (χ3v) is 3.65. The van der Waals surface area contributed by atoms with Crippen molar-refractivity contribution in [2.24, 2.45) is 0 Å². The minimum absolute atomic E-state index is 0.345. The van der Waals surface area contributed by atoms with Gasteiger partial charge in [-0.3, -0.25) is 4.79 Å². The first-order valence-electron chi connectivity index (χ1n) is 4.20. The molecule has 0 aromatic rings. The average molecular weight is 225 g/mol. The van der Waals surface area contributed by atoms with Crippen LogP contribution in [0.5, 0.6) is 0 Å². The monoisotopic (exact) mass is 225 g/mol. The fourth-order valence-electron chi connectivity index (χ4n) is 0.717. The van der Waals surface area contributed by atoms with Gasteiger partial charge in [0, 0.05) is 6.04 Å². The quantitative estimate of drug-likeness (QED) is 0.546. The summed E-state index contributed by atoms with van der Waals surface area (Å²) in [7, 11) is -3.89. The smallest absolute Gasteiger partial charge is 0.323 e. The summed E-state index contributed by atoms with van der Waals surface area (Å²) in [5, 5.41) is 15.7. The maximum Gasteiger partial charge on any atom is 0.323 e. The van der Waals surface area contributed by atoms with Crippen molar-refractivity contribution in [2.75, 3.05) is 6.61 Å². The number of carbonyl (C=O) groups is 1. The molecule has 0 heterocycles. The van der Waals surface area contributed by atoms with Crippen molar-refractivity contribution in [3.8, 4) is 0 Å². The summed E-state index contributed by atoms with van der Waals surface area (Å²) in [4.78, 5) is 10.4. The van der Waals surface area contributed by atoms with Crippen LogP contribution in [0.1, 0.15) is 20.3 Å². The van der Waals surface area contributed by atoms with Crippen LogP contribution in [0.25, 0.3) is 0 Å². The molecule has 0 aliphatic rings. The molecule has 0 rings (SSSR count). The lowest BCUT2D eigenvalue weighted by Gasteiger charge is -2.16. The highest BCUT2D eigenvalue weighted by molar-refractivity contribution is 7.90. The number of carboxylic acids is 1. The van der Waals surface area contributed by atoms with Gasteiger partial charge in [0.15, 0.2) is 5.25 Å². The molecule has 14 heavy (non-hydrogen) atoms. The Hall–Kier alpha value is -0.660. The van der Waals surface area contributed by atoms with E-state index in [1.54, 1.807) is 6.92 Å². The molecular formula is C7H15NO5S. The summed E-state index contributed by atoms with van der Waals surface area (Å²) < 4.78 is 24.7. The summed E-state index contributed by atoms with van der Waals surface area (Å²) in [6.45, 7) is 2.42. The first kappa shape index (κ1) is 13.3. The number of aliphatic hydroxyl groups is 1. The summed E-state index contributed by atoms with van der Waals surface area (Å²) in [5.74, 6) is -1.41. The fourth-order valence-corrected chi connectivity index (χ4v) is 1.89. The third-order valence-electron chi connectivity index (χ3n) is 1.86. The van der Waals surface area contributed by atoms with E-state index in [1.165, 1.54) is 0 Å². The molecule has 0 bridgehead atoms. The molecule has 0 saturated heterocycles. The van der Waals surface area contributed by atoms with Gasteiger partial charge in [-0.15, -0.1) is 0 Å². The van der Waals surface area contributed by atoms with Gasteiger partial charge in [0.1, 0.15) is 0 Å². The molecule has 3 N–H and O–H groups in total.